The molecule has 0 nitrogen and oxygen atoms in total. The molecule has 0 rings (SSSR count). The van der Waals surface area contributed by atoms with E-state index in [1.165, 1.54) is 199 Å². The van der Waals surface area contributed by atoms with Crippen LogP contribution in [0.4, 0.5) is 0 Å². The molecule has 0 fully saturated rings. The largest absolute Gasteiger partial charge is 0.334 e. The number of rotatable bonds is 42. The number of hydrogen-bond acceptors (Lipinski definition) is 0. The molecule has 6 radical (unpaired) electrons. The summed E-state index contributed by atoms with van der Waals surface area (Å²) in [7, 11) is 0. The van der Waals surface area contributed by atoms with Crippen molar-refractivity contribution < 1.29 is 196 Å². The first-order chi connectivity index (χ1) is 28.3. The monoisotopic (exact) mass is 1360 g/mol. The molecule has 0 heterocycles. The maximum Gasteiger partial charge on any atom is 0 e. The van der Waals surface area contributed by atoms with Gasteiger partial charge < -0.3 is 38.5 Å². The van der Waals surface area contributed by atoms with E-state index in [-0.39, 0.29) is 196 Å². The van der Waals surface area contributed by atoms with Crippen LogP contribution < -0.4 is 0 Å². The Morgan fingerprint density at radius 3 is 0.877 bits per heavy atom. The van der Waals surface area contributed by atoms with Crippen LogP contribution in [-0.2, 0) is 196 Å². The first kappa shape index (κ1) is 91.1. The molecular weight excluding hydrogens is 1240 g/mol. The predicted molar refractivity (Wildman–Crippen MR) is 276 cm³/mol. The van der Waals surface area contributed by atoms with Crippen molar-refractivity contribution in [3.8, 4) is 0 Å². The van der Waals surface area contributed by atoms with Crippen LogP contribution in [-0.4, -0.2) is 0 Å². The number of hydrogen-bond donors (Lipinski definition) is 0. The molecule has 0 aliphatic heterocycles. The molecule has 0 aliphatic carbocycles. The molecule has 378 valence electrons. The van der Waals surface area contributed by atoms with Gasteiger partial charge in [-0.15, -0.1) is 0 Å². The van der Waals surface area contributed by atoms with Gasteiger partial charge >= 0.3 is 0 Å². The average molecular weight is 1360 g/mol. The molecule has 6 heteroatoms. The Balaban J connectivity index is -0.0000000989. The topological polar surface area (TPSA) is 0 Å². The van der Waals surface area contributed by atoms with E-state index in [0.29, 0.717) is 0 Å². The van der Waals surface area contributed by atoms with Crippen molar-refractivity contribution in [2.45, 2.75) is 296 Å². The molecular formula is C59H118Y6-6. The normalized spacial score (nSPS) is 12.9. The molecule has 65 heavy (non-hydrogen) atoms. The molecule has 0 aromatic rings. The summed E-state index contributed by atoms with van der Waals surface area (Å²) in [5.41, 5.74) is 0. The quantitative estimate of drug-likeness (QED) is 0.0422. The van der Waals surface area contributed by atoms with Crippen molar-refractivity contribution in [1.82, 2.24) is 0 Å². The third-order valence-electron chi connectivity index (χ3n) is 12.3. The summed E-state index contributed by atoms with van der Waals surface area (Å²) in [6, 6.07) is 0. The summed E-state index contributed by atoms with van der Waals surface area (Å²) in [5.74, 6) is 6.59. The first-order valence-corrected chi connectivity index (χ1v) is 27.2. The van der Waals surface area contributed by atoms with Gasteiger partial charge in [-0.1, -0.05) is 251 Å². The Morgan fingerprint density at radius 2 is 0.538 bits per heavy atom. The van der Waals surface area contributed by atoms with Crippen LogP contribution in [0.15, 0.2) is 0 Å². The van der Waals surface area contributed by atoms with Crippen LogP contribution in [0.2, 0.25) is 0 Å². The second-order valence-electron chi connectivity index (χ2n) is 21.0. The van der Waals surface area contributed by atoms with Gasteiger partial charge in [0.15, 0.2) is 0 Å². The van der Waals surface area contributed by atoms with Gasteiger partial charge in [0, 0.05) is 196 Å². The van der Waals surface area contributed by atoms with Crippen molar-refractivity contribution in [2.24, 2.45) is 47.3 Å². The maximum atomic E-state index is 2.57. The van der Waals surface area contributed by atoms with E-state index >= 15 is 0 Å². The van der Waals surface area contributed by atoms with Crippen LogP contribution >= 0.6 is 0 Å². The van der Waals surface area contributed by atoms with Crippen molar-refractivity contribution >= 4 is 0 Å². The van der Waals surface area contributed by atoms with Gasteiger partial charge in [0.2, 0.25) is 0 Å². The molecule has 0 aromatic heterocycles. The standard InChI is InChI=1S/C20H40.C20H39.C19H39.6Y/c2*1-6-13-19(4)16-17-20(5)15-12-10-8-7-9-11-14-18(2)3;1-5-6-7-13-16-19(4)17-14-11-9-8-10-12-15-18(2)3;;;;;;/h15-16,18-20H,6-14,17H2,1-5H3;6,15-16,18-20H,7-14,17H2,1-5H3;17-19H,5-16H2,1-4H3;;;;;;/q-2;-3;-1;;;;;;. The zero-order chi connectivity index (χ0) is 44.8. The molecule has 0 spiro atoms. The molecule has 0 bridgehead atoms. The van der Waals surface area contributed by atoms with Gasteiger partial charge in [-0.25, -0.2) is 19.3 Å². The van der Waals surface area contributed by atoms with Crippen LogP contribution in [0, 0.1) is 85.9 Å². The molecule has 0 aliphatic rings. The summed E-state index contributed by atoms with van der Waals surface area (Å²) in [6.07, 6.45) is 58.1. The van der Waals surface area contributed by atoms with Crippen LogP contribution in [0.3, 0.4) is 0 Å². The molecule has 0 saturated heterocycles. The van der Waals surface area contributed by atoms with E-state index in [2.05, 4.69) is 135 Å². The van der Waals surface area contributed by atoms with E-state index in [1.807, 2.05) is 0 Å². The second-order valence-corrected chi connectivity index (χ2v) is 21.0. The SMILES string of the molecule is CCCC(C)[CH-]CC(C)[CH-]CCCCCCCC(C)C.CCCCCCC(C)[CH-]CCCCCCCC(C)C.C[CH-]CC(C)[CH-]CC(C)[CH-]CCCCCCCC(C)C.[Y].[Y].[Y].[Y].[Y].[Y]. The molecule has 5 unspecified atom stereocenters. The first-order valence-electron chi connectivity index (χ1n) is 27.2. The zero-order valence-corrected chi connectivity index (χ0v) is 64.5. The molecule has 0 N–H and O–H groups in total. The average Bonchev–Trinajstić information content (AvgIpc) is 3.18. The fourth-order valence-electron chi connectivity index (χ4n) is 8.03. The van der Waals surface area contributed by atoms with Gasteiger partial charge in [-0.3, -0.25) is 0 Å². The summed E-state index contributed by atoms with van der Waals surface area (Å²) < 4.78 is 0. The van der Waals surface area contributed by atoms with Crippen LogP contribution in [0.25, 0.3) is 0 Å². The molecule has 0 saturated carbocycles. The summed E-state index contributed by atoms with van der Waals surface area (Å²) in [5, 5.41) is 0. The van der Waals surface area contributed by atoms with E-state index < -0.39 is 0 Å². The zero-order valence-electron chi connectivity index (χ0n) is 47.5. The Hall–Kier alpha value is 6.62. The predicted octanol–water partition coefficient (Wildman–Crippen LogP) is 21.5. The van der Waals surface area contributed by atoms with Crippen molar-refractivity contribution in [3.63, 3.8) is 0 Å². The van der Waals surface area contributed by atoms with Gasteiger partial charge in [0.25, 0.3) is 0 Å². The summed E-state index contributed by atoms with van der Waals surface area (Å²) in [4.78, 5) is 0. The minimum atomic E-state index is 0. The fourth-order valence-corrected chi connectivity index (χ4v) is 8.03. The Morgan fingerprint density at radius 1 is 0.262 bits per heavy atom. The molecule has 0 amide bonds. The third-order valence-corrected chi connectivity index (χ3v) is 12.3. The third kappa shape index (κ3) is 87.6. The Bertz CT molecular complexity index is 704. The second kappa shape index (κ2) is 74.9. The van der Waals surface area contributed by atoms with E-state index in [1.54, 1.807) is 0 Å². The fraction of sp³-hybridized carbons (Fsp3) is 0.898. The minimum absolute atomic E-state index is 0. The smallest absolute Gasteiger partial charge is 0 e. The van der Waals surface area contributed by atoms with E-state index in [4.69, 9.17) is 0 Å². The van der Waals surface area contributed by atoms with Crippen LogP contribution in [0.5, 0.6) is 0 Å². The van der Waals surface area contributed by atoms with Gasteiger partial charge in [0.05, 0.1) is 0 Å². The van der Waals surface area contributed by atoms with Gasteiger partial charge in [-0.05, 0) is 17.8 Å². The van der Waals surface area contributed by atoms with E-state index in [0.717, 1.165) is 47.3 Å². The van der Waals surface area contributed by atoms with Gasteiger partial charge in [0.1, 0.15) is 0 Å². The van der Waals surface area contributed by atoms with Crippen LogP contribution in [0.1, 0.15) is 296 Å². The summed E-state index contributed by atoms with van der Waals surface area (Å²) >= 11 is 0. The Labute approximate surface area is 568 Å². The Kier molecular flexibility index (Phi) is 105. The molecule has 5 atom stereocenters. The minimum Gasteiger partial charge on any atom is -0.334 e. The van der Waals surface area contributed by atoms with Crippen molar-refractivity contribution in [3.05, 3.63) is 38.5 Å². The molecule has 0 aromatic carbocycles. The van der Waals surface area contributed by atoms with E-state index in [9.17, 15) is 0 Å². The number of unbranched alkanes of at least 4 members (excludes halogenated alkanes) is 18. The maximum absolute atomic E-state index is 2.57. The summed E-state index contributed by atoms with van der Waals surface area (Å²) in [6.45, 7) is 32.5. The van der Waals surface area contributed by atoms with Crippen molar-refractivity contribution in [2.75, 3.05) is 0 Å². The van der Waals surface area contributed by atoms with Gasteiger partial charge in [-0.2, -0.15) is 55.8 Å². The van der Waals surface area contributed by atoms with Crippen molar-refractivity contribution in [1.29, 1.82) is 0 Å².